The van der Waals surface area contributed by atoms with Crippen molar-refractivity contribution >= 4 is 11.6 Å². The van der Waals surface area contributed by atoms with Crippen LogP contribution in [0.15, 0.2) is 48.5 Å². The number of nitrogens with one attached hydrogen (secondary N) is 1. The summed E-state index contributed by atoms with van der Waals surface area (Å²) in [5.74, 6) is -0.0798. The molecule has 21 heavy (non-hydrogen) atoms. The third kappa shape index (κ3) is 4.57. The van der Waals surface area contributed by atoms with Crippen LogP contribution in [0.2, 0.25) is 0 Å². The van der Waals surface area contributed by atoms with Gasteiger partial charge in [0.15, 0.2) is 6.61 Å². The molecule has 0 aliphatic heterocycles. The minimum absolute atomic E-state index is 0.0957. The number of anilines is 1. The second-order valence-corrected chi connectivity index (χ2v) is 4.70. The van der Waals surface area contributed by atoms with Gasteiger partial charge in [-0.1, -0.05) is 12.1 Å². The molecule has 0 aliphatic carbocycles. The molecule has 0 saturated carbocycles. The Kier molecular flexibility index (Phi) is 4.90. The van der Waals surface area contributed by atoms with E-state index in [1.54, 1.807) is 12.1 Å². The zero-order valence-corrected chi connectivity index (χ0v) is 11.7. The molecule has 1 atom stereocenters. The fourth-order valence-corrected chi connectivity index (χ4v) is 1.77. The molecule has 0 aromatic heterocycles. The molecule has 5 heteroatoms. The lowest BCUT2D eigenvalue weighted by molar-refractivity contribution is -0.118. The molecule has 0 radical (unpaired) electrons. The van der Waals surface area contributed by atoms with Gasteiger partial charge in [0.1, 0.15) is 11.6 Å². The van der Waals surface area contributed by atoms with Crippen molar-refractivity contribution in [2.45, 2.75) is 13.0 Å². The van der Waals surface area contributed by atoms with Gasteiger partial charge in [0.2, 0.25) is 0 Å². The summed E-state index contributed by atoms with van der Waals surface area (Å²) >= 11 is 0. The molecule has 2 aromatic rings. The van der Waals surface area contributed by atoms with Crippen LogP contribution >= 0.6 is 0 Å². The zero-order chi connectivity index (χ0) is 15.2. The predicted octanol–water partition coefficient (Wildman–Crippen LogP) is 2.86. The highest BCUT2D eigenvalue weighted by atomic mass is 19.1. The average Bonchev–Trinajstić information content (AvgIpc) is 2.48. The van der Waals surface area contributed by atoms with Crippen molar-refractivity contribution in [2.24, 2.45) is 5.73 Å². The van der Waals surface area contributed by atoms with Gasteiger partial charge in [0, 0.05) is 11.7 Å². The highest BCUT2D eigenvalue weighted by Gasteiger charge is 2.05. The minimum Gasteiger partial charge on any atom is -0.484 e. The van der Waals surface area contributed by atoms with Crippen molar-refractivity contribution in [1.82, 2.24) is 0 Å². The van der Waals surface area contributed by atoms with Crippen LogP contribution in [0.1, 0.15) is 18.5 Å². The fourth-order valence-electron chi connectivity index (χ4n) is 1.77. The average molecular weight is 288 g/mol. The summed E-state index contributed by atoms with van der Waals surface area (Å²) in [4.78, 5) is 11.7. The van der Waals surface area contributed by atoms with E-state index in [0.717, 1.165) is 5.56 Å². The molecule has 0 heterocycles. The lowest BCUT2D eigenvalue weighted by Crippen LogP contribution is -2.20. The van der Waals surface area contributed by atoms with Crippen LogP contribution in [-0.4, -0.2) is 12.5 Å². The maximum atomic E-state index is 12.7. The van der Waals surface area contributed by atoms with Crippen LogP contribution in [0, 0.1) is 5.82 Å². The Morgan fingerprint density at radius 1 is 1.29 bits per heavy atom. The molecular weight excluding hydrogens is 271 g/mol. The molecule has 4 nitrogen and oxygen atoms in total. The third-order valence-corrected chi connectivity index (χ3v) is 2.88. The molecule has 0 unspecified atom stereocenters. The summed E-state index contributed by atoms with van der Waals surface area (Å²) in [7, 11) is 0. The third-order valence-electron chi connectivity index (χ3n) is 2.88. The number of benzene rings is 2. The number of carbonyl (C=O) groups excluding carboxylic acids is 1. The number of ether oxygens (including phenoxy) is 1. The molecule has 3 N–H and O–H groups in total. The molecule has 0 spiro atoms. The fraction of sp³-hybridized carbons (Fsp3) is 0.188. The lowest BCUT2D eigenvalue weighted by atomic mass is 10.1. The normalized spacial score (nSPS) is 11.8. The van der Waals surface area contributed by atoms with E-state index in [1.807, 2.05) is 19.1 Å². The van der Waals surface area contributed by atoms with E-state index in [1.165, 1.54) is 24.3 Å². The number of nitrogens with two attached hydrogens (primary N) is 1. The highest BCUT2D eigenvalue weighted by Crippen LogP contribution is 2.17. The summed E-state index contributed by atoms with van der Waals surface area (Å²) in [6.07, 6.45) is 0. The molecule has 0 fully saturated rings. The van der Waals surface area contributed by atoms with Gasteiger partial charge < -0.3 is 15.8 Å². The minimum atomic E-state index is -0.350. The number of carbonyl (C=O) groups is 1. The standard InChI is InChI=1S/C16H17FN2O2/c1-11(18)12-3-2-4-15(9-12)21-10-16(20)19-14-7-5-13(17)6-8-14/h2-9,11H,10,18H2,1H3,(H,19,20)/t11-/m1/s1. The largest absolute Gasteiger partial charge is 0.484 e. The maximum Gasteiger partial charge on any atom is 0.262 e. The summed E-state index contributed by atoms with van der Waals surface area (Å²) < 4.78 is 18.2. The highest BCUT2D eigenvalue weighted by molar-refractivity contribution is 5.91. The molecule has 0 bridgehead atoms. The van der Waals surface area contributed by atoms with E-state index in [2.05, 4.69) is 5.32 Å². The number of rotatable bonds is 5. The van der Waals surface area contributed by atoms with Gasteiger partial charge in [-0.05, 0) is 48.9 Å². The number of amides is 1. The Balaban J connectivity index is 1.89. The van der Waals surface area contributed by atoms with Crippen LogP contribution < -0.4 is 15.8 Å². The van der Waals surface area contributed by atoms with Gasteiger partial charge in [-0.2, -0.15) is 0 Å². The SMILES string of the molecule is C[C@@H](N)c1cccc(OCC(=O)Nc2ccc(F)cc2)c1. The van der Waals surface area contributed by atoms with Gasteiger partial charge in [0.05, 0.1) is 0 Å². The Morgan fingerprint density at radius 2 is 2.00 bits per heavy atom. The summed E-state index contributed by atoms with van der Waals surface area (Å²) in [5, 5.41) is 2.62. The van der Waals surface area contributed by atoms with E-state index in [9.17, 15) is 9.18 Å². The second-order valence-electron chi connectivity index (χ2n) is 4.70. The van der Waals surface area contributed by atoms with Gasteiger partial charge >= 0.3 is 0 Å². The van der Waals surface area contributed by atoms with Crippen LogP contribution in [-0.2, 0) is 4.79 Å². The van der Waals surface area contributed by atoms with Crippen molar-refractivity contribution in [3.63, 3.8) is 0 Å². The first-order valence-electron chi connectivity index (χ1n) is 6.58. The Hall–Kier alpha value is -2.40. The Morgan fingerprint density at radius 3 is 2.67 bits per heavy atom. The van der Waals surface area contributed by atoms with Crippen LogP contribution in [0.3, 0.4) is 0 Å². The molecule has 2 rings (SSSR count). The summed E-state index contributed by atoms with van der Waals surface area (Å²) in [6, 6.07) is 12.7. The van der Waals surface area contributed by atoms with E-state index in [4.69, 9.17) is 10.5 Å². The Bertz CT molecular complexity index is 612. The predicted molar refractivity (Wildman–Crippen MR) is 79.6 cm³/mol. The second kappa shape index (κ2) is 6.85. The molecule has 110 valence electrons. The first kappa shape index (κ1) is 15.0. The van der Waals surface area contributed by atoms with E-state index >= 15 is 0 Å². The zero-order valence-electron chi connectivity index (χ0n) is 11.7. The molecule has 2 aromatic carbocycles. The maximum absolute atomic E-state index is 12.7. The van der Waals surface area contributed by atoms with Crippen molar-refractivity contribution in [1.29, 1.82) is 0 Å². The van der Waals surface area contributed by atoms with Gasteiger partial charge in [-0.3, -0.25) is 4.79 Å². The van der Waals surface area contributed by atoms with Crippen molar-refractivity contribution in [2.75, 3.05) is 11.9 Å². The van der Waals surface area contributed by atoms with Gasteiger partial charge in [-0.15, -0.1) is 0 Å². The summed E-state index contributed by atoms with van der Waals surface area (Å²) in [6.45, 7) is 1.75. The monoisotopic (exact) mass is 288 g/mol. The number of hydrogen-bond donors (Lipinski definition) is 2. The number of hydrogen-bond acceptors (Lipinski definition) is 3. The summed E-state index contributed by atoms with van der Waals surface area (Å²) in [5.41, 5.74) is 7.25. The first-order chi connectivity index (χ1) is 10.0. The van der Waals surface area contributed by atoms with Crippen molar-refractivity contribution in [3.05, 3.63) is 59.9 Å². The molecule has 0 aliphatic rings. The molecule has 1 amide bonds. The quantitative estimate of drug-likeness (QED) is 0.889. The van der Waals surface area contributed by atoms with Crippen LogP contribution in [0.25, 0.3) is 0 Å². The number of halogens is 1. The van der Waals surface area contributed by atoms with Crippen LogP contribution in [0.4, 0.5) is 10.1 Å². The first-order valence-corrected chi connectivity index (χ1v) is 6.58. The van der Waals surface area contributed by atoms with Crippen molar-refractivity contribution in [3.8, 4) is 5.75 Å². The smallest absolute Gasteiger partial charge is 0.262 e. The molecule has 0 saturated heterocycles. The van der Waals surface area contributed by atoms with Crippen LogP contribution in [0.5, 0.6) is 5.75 Å². The Labute approximate surface area is 122 Å². The topological polar surface area (TPSA) is 64.3 Å². The van der Waals surface area contributed by atoms with E-state index in [-0.39, 0.29) is 24.4 Å². The molecular formula is C16H17FN2O2. The van der Waals surface area contributed by atoms with Crippen molar-refractivity contribution < 1.29 is 13.9 Å². The lowest BCUT2D eigenvalue weighted by Gasteiger charge is -2.10. The van der Waals surface area contributed by atoms with Gasteiger partial charge in [0.25, 0.3) is 5.91 Å². The van der Waals surface area contributed by atoms with E-state index < -0.39 is 0 Å². The van der Waals surface area contributed by atoms with Gasteiger partial charge in [-0.25, -0.2) is 4.39 Å². The van der Waals surface area contributed by atoms with E-state index in [0.29, 0.717) is 11.4 Å².